The predicted octanol–water partition coefficient (Wildman–Crippen LogP) is 2.12. The fourth-order valence-electron chi connectivity index (χ4n) is 2.82. The first-order valence-electron chi connectivity index (χ1n) is 9.92. The van der Waals surface area contributed by atoms with Crippen LogP contribution in [0.15, 0.2) is 47.6 Å². The Kier molecular flexibility index (Phi) is 8.70. The zero-order valence-corrected chi connectivity index (χ0v) is 18.3. The SMILES string of the molecule is COc1cc(/C=N\NC(=O)COc2ccc(Cl)cc2)ccc1OCC(=O)N1CCOCC1. The Morgan fingerprint density at radius 1 is 1.09 bits per heavy atom. The molecule has 0 atom stereocenters. The van der Waals surface area contributed by atoms with Gasteiger partial charge in [0.25, 0.3) is 11.8 Å². The van der Waals surface area contributed by atoms with E-state index in [4.69, 9.17) is 30.5 Å². The topological polar surface area (TPSA) is 98.7 Å². The number of hydrogen-bond donors (Lipinski definition) is 1. The van der Waals surface area contributed by atoms with Crippen molar-refractivity contribution in [3.05, 3.63) is 53.1 Å². The zero-order chi connectivity index (χ0) is 22.8. The van der Waals surface area contributed by atoms with Gasteiger partial charge in [-0.1, -0.05) is 11.6 Å². The molecule has 0 saturated carbocycles. The van der Waals surface area contributed by atoms with Crippen LogP contribution in [0.4, 0.5) is 0 Å². The lowest BCUT2D eigenvalue weighted by molar-refractivity contribution is -0.137. The molecule has 1 fully saturated rings. The smallest absolute Gasteiger partial charge is 0.277 e. The molecule has 170 valence electrons. The summed E-state index contributed by atoms with van der Waals surface area (Å²) in [7, 11) is 1.50. The minimum absolute atomic E-state index is 0.0898. The van der Waals surface area contributed by atoms with E-state index in [-0.39, 0.29) is 19.1 Å². The van der Waals surface area contributed by atoms with Crippen molar-refractivity contribution in [2.45, 2.75) is 0 Å². The quantitative estimate of drug-likeness (QED) is 0.453. The van der Waals surface area contributed by atoms with Gasteiger partial charge in [0.2, 0.25) is 0 Å². The van der Waals surface area contributed by atoms with Crippen molar-refractivity contribution in [1.29, 1.82) is 0 Å². The molecule has 1 saturated heterocycles. The lowest BCUT2D eigenvalue weighted by Gasteiger charge is -2.26. The predicted molar refractivity (Wildman–Crippen MR) is 119 cm³/mol. The average Bonchev–Trinajstić information content (AvgIpc) is 2.83. The van der Waals surface area contributed by atoms with Gasteiger partial charge < -0.3 is 23.8 Å². The van der Waals surface area contributed by atoms with Crippen LogP contribution in [0.5, 0.6) is 17.2 Å². The standard InChI is InChI=1S/C22H24ClN3O6/c1-29-20-12-16(2-7-19(20)32-15-22(28)26-8-10-30-11-9-26)13-24-25-21(27)14-31-18-5-3-17(23)4-6-18/h2-7,12-13H,8-11,14-15H2,1H3,(H,25,27)/b24-13-. The Labute approximate surface area is 190 Å². The van der Waals surface area contributed by atoms with Gasteiger partial charge in [0.15, 0.2) is 24.7 Å². The molecular formula is C22H24ClN3O6. The summed E-state index contributed by atoms with van der Waals surface area (Å²) in [6, 6.07) is 11.8. The van der Waals surface area contributed by atoms with Gasteiger partial charge in [0.1, 0.15) is 5.75 Å². The summed E-state index contributed by atoms with van der Waals surface area (Å²) in [5.74, 6) is 0.892. The van der Waals surface area contributed by atoms with E-state index in [9.17, 15) is 9.59 Å². The Morgan fingerprint density at radius 2 is 1.84 bits per heavy atom. The molecule has 1 heterocycles. The molecule has 2 aromatic carbocycles. The third-order valence-electron chi connectivity index (χ3n) is 4.49. The summed E-state index contributed by atoms with van der Waals surface area (Å²) in [4.78, 5) is 25.8. The van der Waals surface area contributed by atoms with Crippen LogP contribution in [-0.2, 0) is 14.3 Å². The van der Waals surface area contributed by atoms with E-state index in [2.05, 4.69) is 10.5 Å². The Morgan fingerprint density at radius 3 is 2.56 bits per heavy atom. The number of nitrogens with one attached hydrogen (secondary N) is 1. The molecule has 32 heavy (non-hydrogen) atoms. The van der Waals surface area contributed by atoms with Crippen molar-refractivity contribution in [3.8, 4) is 17.2 Å². The number of benzene rings is 2. The third kappa shape index (κ3) is 7.14. The minimum atomic E-state index is -0.412. The maximum absolute atomic E-state index is 12.2. The van der Waals surface area contributed by atoms with Gasteiger partial charge in [0, 0.05) is 18.1 Å². The highest BCUT2D eigenvalue weighted by atomic mass is 35.5. The highest BCUT2D eigenvalue weighted by Gasteiger charge is 2.18. The third-order valence-corrected chi connectivity index (χ3v) is 4.74. The van der Waals surface area contributed by atoms with Gasteiger partial charge in [0.05, 0.1) is 26.5 Å². The molecule has 0 radical (unpaired) electrons. The number of hydrazone groups is 1. The largest absolute Gasteiger partial charge is 0.493 e. The number of ether oxygens (including phenoxy) is 4. The molecule has 0 aliphatic carbocycles. The lowest BCUT2D eigenvalue weighted by atomic mass is 10.2. The van der Waals surface area contributed by atoms with Crippen molar-refractivity contribution in [2.75, 3.05) is 46.6 Å². The molecule has 0 aromatic heterocycles. The van der Waals surface area contributed by atoms with Gasteiger partial charge in [-0.05, 0) is 48.0 Å². The first-order valence-corrected chi connectivity index (χ1v) is 10.3. The van der Waals surface area contributed by atoms with E-state index in [1.165, 1.54) is 13.3 Å². The van der Waals surface area contributed by atoms with Crippen LogP contribution in [0.2, 0.25) is 5.02 Å². The number of nitrogens with zero attached hydrogens (tertiary/aromatic N) is 2. The van der Waals surface area contributed by atoms with Gasteiger partial charge in [-0.15, -0.1) is 0 Å². The molecule has 1 aliphatic rings. The van der Waals surface area contributed by atoms with Crippen molar-refractivity contribution < 1.29 is 28.5 Å². The second-order valence-electron chi connectivity index (χ2n) is 6.73. The number of amides is 2. The van der Waals surface area contributed by atoms with Gasteiger partial charge in [-0.2, -0.15) is 5.10 Å². The summed E-state index contributed by atoms with van der Waals surface area (Å²) in [6.07, 6.45) is 1.46. The van der Waals surface area contributed by atoms with E-state index >= 15 is 0 Å². The minimum Gasteiger partial charge on any atom is -0.493 e. The number of carbonyl (C=O) groups is 2. The van der Waals surface area contributed by atoms with E-state index in [0.29, 0.717) is 54.1 Å². The van der Waals surface area contributed by atoms with E-state index in [1.54, 1.807) is 47.4 Å². The summed E-state index contributed by atoms with van der Waals surface area (Å²) in [6.45, 7) is 1.91. The Balaban J connectivity index is 1.47. The van der Waals surface area contributed by atoms with Crippen molar-refractivity contribution in [2.24, 2.45) is 5.10 Å². The number of morpholine rings is 1. The Hall–Kier alpha value is -3.30. The zero-order valence-electron chi connectivity index (χ0n) is 17.6. The fourth-order valence-corrected chi connectivity index (χ4v) is 2.94. The molecule has 1 N–H and O–H groups in total. The highest BCUT2D eigenvalue weighted by molar-refractivity contribution is 6.30. The van der Waals surface area contributed by atoms with Crippen molar-refractivity contribution >= 4 is 29.6 Å². The monoisotopic (exact) mass is 461 g/mol. The molecule has 1 aliphatic heterocycles. The molecule has 10 heteroatoms. The molecule has 2 amide bonds. The molecule has 0 unspecified atom stereocenters. The number of hydrogen-bond acceptors (Lipinski definition) is 7. The van der Waals surface area contributed by atoms with Crippen molar-refractivity contribution in [3.63, 3.8) is 0 Å². The van der Waals surface area contributed by atoms with E-state index in [0.717, 1.165) is 0 Å². The summed E-state index contributed by atoms with van der Waals surface area (Å²) in [5, 5.41) is 4.50. The van der Waals surface area contributed by atoms with Crippen LogP contribution in [0.1, 0.15) is 5.56 Å². The average molecular weight is 462 g/mol. The molecule has 2 aromatic rings. The maximum Gasteiger partial charge on any atom is 0.277 e. The molecule has 0 spiro atoms. The number of halogens is 1. The normalized spacial score (nSPS) is 13.6. The van der Waals surface area contributed by atoms with Gasteiger partial charge >= 0.3 is 0 Å². The molecular weight excluding hydrogens is 438 g/mol. The summed E-state index contributed by atoms with van der Waals surface area (Å²) >= 11 is 5.80. The van der Waals surface area contributed by atoms with Crippen LogP contribution in [0.25, 0.3) is 0 Å². The Bertz CT molecular complexity index is 945. The molecule has 3 rings (SSSR count). The van der Waals surface area contributed by atoms with Crippen LogP contribution in [0.3, 0.4) is 0 Å². The first-order chi connectivity index (χ1) is 15.5. The van der Waals surface area contributed by atoms with Crippen LogP contribution < -0.4 is 19.6 Å². The van der Waals surface area contributed by atoms with E-state index in [1.807, 2.05) is 0 Å². The maximum atomic E-state index is 12.2. The summed E-state index contributed by atoms with van der Waals surface area (Å²) in [5.41, 5.74) is 3.06. The highest BCUT2D eigenvalue weighted by Crippen LogP contribution is 2.27. The lowest BCUT2D eigenvalue weighted by Crippen LogP contribution is -2.43. The van der Waals surface area contributed by atoms with Crippen LogP contribution in [0, 0.1) is 0 Å². The first kappa shape index (κ1) is 23.4. The molecule has 9 nitrogen and oxygen atoms in total. The second-order valence-corrected chi connectivity index (χ2v) is 7.16. The molecule has 0 bridgehead atoms. The van der Waals surface area contributed by atoms with Crippen molar-refractivity contribution in [1.82, 2.24) is 10.3 Å². The number of rotatable bonds is 9. The van der Waals surface area contributed by atoms with Gasteiger partial charge in [-0.25, -0.2) is 5.43 Å². The second kappa shape index (κ2) is 11.9. The number of carbonyl (C=O) groups excluding carboxylic acids is 2. The van der Waals surface area contributed by atoms with Crippen LogP contribution in [-0.4, -0.2) is 69.6 Å². The van der Waals surface area contributed by atoms with Gasteiger partial charge in [-0.3, -0.25) is 9.59 Å². The summed E-state index contributed by atoms with van der Waals surface area (Å²) < 4.78 is 21.6. The number of methoxy groups -OCH3 is 1. The fraction of sp³-hybridized carbons (Fsp3) is 0.318. The van der Waals surface area contributed by atoms with Crippen LogP contribution >= 0.6 is 11.6 Å². The van der Waals surface area contributed by atoms with E-state index < -0.39 is 5.91 Å².